The van der Waals surface area contributed by atoms with Crippen LogP contribution in [0.1, 0.15) is 11.7 Å². The van der Waals surface area contributed by atoms with Gasteiger partial charge in [0.05, 0.1) is 18.1 Å². The Kier molecular flexibility index (Phi) is 6.17. The molecule has 0 spiro atoms. The van der Waals surface area contributed by atoms with E-state index in [-0.39, 0.29) is 17.2 Å². The summed E-state index contributed by atoms with van der Waals surface area (Å²) in [7, 11) is -1.15. The van der Waals surface area contributed by atoms with Crippen LogP contribution in [0.3, 0.4) is 0 Å². The number of nitrogens with one attached hydrogen (secondary N) is 1. The van der Waals surface area contributed by atoms with Crippen molar-refractivity contribution in [2.24, 2.45) is 0 Å². The Hall–Kier alpha value is -1.67. The van der Waals surface area contributed by atoms with Gasteiger partial charge in [-0.05, 0) is 24.3 Å². The molecule has 0 unspecified atom stereocenters. The number of rotatable bonds is 7. The molecule has 2 rings (SSSR count). The van der Waals surface area contributed by atoms with Crippen LogP contribution >= 0.6 is 11.6 Å². The first-order valence-corrected chi connectivity index (χ1v) is 8.85. The molecule has 0 saturated heterocycles. The van der Waals surface area contributed by atoms with E-state index in [2.05, 4.69) is 4.72 Å². The SMILES string of the molecule is COc1ccc(S(=O)(=O)NC[C@H](OC)c2ccccc2Cl)cc1F. The minimum Gasteiger partial charge on any atom is -0.494 e. The summed E-state index contributed by atoms with van der Waals surface area (Å²) in [5.74, 6) is -0.783. The van der Waals surface area contributed by atoms with Crippen molar-refractivity contribution < 1.29 is 22.3 Å². The van der Waals surface area contributed by atoms with Crippen LogP contribution in [0.2, 0.25) is 5.02 Å². The second kappa shape index (κ2) is 7.94. The van der Waals surface area contributed by atoms with E-state index in [0.29, 0.717) is 10.6 Å². The summed E-state index contributed by atoms with van der Waals surface area (Å²) in [5, 5.41) is 0.471. The van der Waals surface area contributed by atoms with E-state index in [4.69, 9.17) is 21.1 Å². The molecule has 0 aliphatic rings. The molecule has 0 amide bonds. The van der Waals surface area contributed by atoms with Gasteiger partial charge in [0.2, 0.25) is 10.0 Å². The molecule has 24 heavy (non-hydrogen) atoms. The van der Waals surface area contributed by atoms with Crippen molar-refractivity contribution >= 4 is 21.6 Å². The number of sulfonamides is 1. The molecular weight excluding hydrogens is 357 g/mol. The molecule has 0 fully saturated rings. The van der Waals surface area contributed by atoms with Crippen molar-refractivity contribution in [2.75, 3.05) is 20.8 Å². The lowest BCUT2D eigenvalue weighted by Crippen LogP contribution is -2.29. The van der Waals surface area contributed by atoms with Crippen molar-refractivity contribution in [3.05, 3.63) is 58.9 Å². The van der Waals surface area contributed by atoms with E-state index in [1.807, 2.05) is 0 Å². The molecule has 130 valence electrons. The Bertz CT molecular complexity index is 813. The normalized spacial score (nSPS) is 12.8. The molecule has 1 N–H and O–H groups in total. The molecule has 0 saturated carbocycles. The zero-order chi connectivity index (χ0) is 17.7. The van der Waals surface area contributed by atoms with Crippen molar-refractivity contribution in [2.45, 2.75) is 11.0 Å². The minimum absolute atomic E-state index is 0.0280. The number of halogens is 2. The molecule has 2 aromatic rings. The van der Waals surface area contributed by atoms with E-state index in [9.17, 15) is 12.8 Å². The highest BCUT2D eigenvalue weighted by atomic mass is 35.5. The number of ether oxygens (including phenoxy) is 2. The van der Waals surface area contributed by atoms with Crippen LogP contribution in [0.4, 0.5) is 4.39 Å². The van der Waals surface area contributed by atoms with Crippen LogP contribution < -0.4 is 9.46 Å². The fourth-order valence-electron chi connectivity index (χ4n) is 2.14. The van der Waals surface area contributed by atoms with Crippen LogP contribution in [-0.4, -0.2) is 29.2 Å². The summed E-state index contributed by atoms with van der Waals surface area (Å²) < 4.78 is 50.8. The fourth-order valence-corrected chi connectivity index (χ4v) is 3.44. The molecule has 0 heterocycles. The molecule has 2 aromatic carbocycles. The van der Waals surface area contributed by atoms with Gasteiger partial charge in [-0.2, -0.15) is 0 Å². The van der Waals surface area contributed by atoms with E-state index in [1.54, 1.807) is 24.3 Å². The Balaban J connectivity index is 2.17. The van der Waals surface area contributed by atoms with Gasteiger partial charge >= 0.3 is 0 Å². The van der Waals surface area contributed by atoms with Crippen molar-refractivity contribution in [3.63, 3.8) is 0 Å². The summed E-state index contributed by atoms with van der Waals surface area (Å²) in [6, 6.07) is 10.4. The second-order valence-corrected chi connectivity index (χ2v) is 7.07. The van der Waals surface area contributed by atoms with Gasteiger partial charge in [0.25, 0.3) is 0 Å². The summed E-state index contributed by atoms with van der Waals surface area (Å²) in [5.41, 5.74) is 0.658. The molecule has 8 heteroatoms. The zero-order valence-electron chi connectivity index (χ0n) is 13.1. The molecular formula is C16H17ClFNO4S. The number of hydrogen-bond acceptors (Lipinski definition) is 4. The average molecular weight is 374 g/mol. The summed E-state index contributed by atoms with van der Waals surface area (Å²) in [4.78, 5) is -0.199. The van der Waals surface area contributed by atoms with E-state index < -0.39 is 21.9 Å². The molecule has 0 aromatic heterocycles. The maximum absolute atomic E-state index is 13.7. The molecule has 0 aliphatic carbocycles. The Morgan fingerprint density at radius 3 is 2.50 bits per heavy atom. The smallest absolute Gasteiger partial charge is 0.240 e. The molecule has 1 atom stereocenters. The first-order valence-electron chi connectivity index (χ1n) is 6.99. The first kappa shape index (κ1) is 18.7. The average Bonchev–Trinajstić information content (AvgIpc) is 2.56. The lowest BCUT2D eigenvalue weighted by Gasteiger charge is -2.18. The highest BCUT2D eigenvalue weighted by molar-refractivity contribution is 7.89. The summed E-state index contributed by atoms with van der Waals surface area (Å²) in [6.07, 6.45) is -0.573. The summed E-state index contributed by atoms with van der Waals surface area (Å²) in [6.45, 7) is -0.0454. The third-order valence-corrected chi connectivity index (χ3v) is 5.19. The van der Waals surface area contributed by atoms with E-state index in [1.165, 1.54) is 26.4 Å². The fraction of sp³-hybridized carbons (Fsp3) is 0.250. The van der Waals surface area contributed by atoms with Gasteiger partial charge in [0.15, 0.2) is 11.6 Å². The van der Waals surface area contributed by atoms with Crippen LogP contribution in [-0.2, 0) is 14.8 Å². The van der Waals surface area contributed by atoms with E-state index in [0.717, 1.165) is 6.07 Å². The lowest BCUT2D eigenvalue weighted by molar-refractivity contribution is 0.107. The van der Waals surface area contributed by atoms with Gasteiger partial charge in [0.1, 0.15) is 0 Å². The topological polar surface area (TPSA) is 64.6 Å². The predicted molar refractivity (Wildman–Crippen MR) is 89.3 cm³/mol. The third-order valence-electron chi connectivity index (χ3n) is 3.43. The van der Waals surface area contributed by atoms with Crippen LogP contribution in [0, 0.1) is 5.82 Å². The van der Waals surface area contributed by atoms with Gasteiger partial charge in [-0.15, -0.1) is 0 Å². The molecule has 0 radical (unpaired) electrons. The Morgan fingerprint density at radius 1 is 1.21 bits per heavy atom. The standard InChI is InChI=1S/C16H17ClFNO4S/c1-22-15-8-7-11(9-14(15)18)24(20,21)19-10-16(23-2)12-5-3-4-6-13(12)17/h3-9,16,19H,10H2,1-2H3/t16-/m0/s1. The van der Waals surface area contributed by atoms with Gasteiger partial charge in [-0.25, -0.2) is 17.5 Å². The number of benzene rings is 2. The predicted octanol–water partition coefficient (Wildman–Crippen LogP) is 3.15. The lowest BCUT2D eigenvalue weighted by atomic mass is 10.1. The first-order chi connectivity index (χ1) is 11.4. The molecule has 5 nitrogen and oxygen atoms in total. The van der Waals surface area contributed by atoms with Crippen LogP contribution in [0.5, 0.6) is 5.75 Å². The number of hydrogen-bond donors (Lipinski definition) is 1. The van der Waals surface area contributed by atoms with Gasteiger partial charge < -0.3 is 9.47 Å². The molecule has 0 bridgehead atoms. The quantitative estimate of drug-likeness (QED) is 0.809. The van der Waals surface area contributed by atoms with Crippen LogP contribution in [0.15, 0.2) is 47.4 Å². The van der Waals surface area contributed by atoms with Crippen molar-refractivity contribution in [1.82, 2.24) is 4.72 Å². The minimum atomic E-state index is -3.90. The maximum Gasteiger partial charge on any atom is 0.240 e. The number of methoxy groups -OCH3 is 2. The largest absolute Gasteiger partial charge is 0.494 e. The van der Waals surface area contributed by atoms with Gasteiger partial charge in [-0.1, -0.05) is 29.8 Å². The van der Waals surface area contributed by atoms with Crippen molar-refractivity contribution in [1.29, 1.82) is 0 Å². The van der Waals surface area contributed by atoms with Gasteiger partial charge in [-0.3, -0.25) is 0 Å². The molecule has 0 aliphatic heterocycles. The maximum atomic E-state index is 13.7. The third kappa shape index (κ3) is 4.24. The van der Waals surface area contributed by atoms with Gasteiger partial charge in [0, 0.05) is 24.2 Å². The second-order valence-electron chi connectivity index (χ2n) is 4.89. The van der Waals surface area contributed by atoms with E-state index >= 15 is 0 Å². The van der Waals surface area contributed by atoms with Crippen molar-refractivity contribution in [3.8, 4) is 5.75 Å². The summed E-state index contributed by atoms with van der Waals surface area (Å²) >= 11 is 6.10. The Labute approximate surface area is 145 Å². The Morgan fingerprint density at radius 2 is 1.92 bits per heavy atom. The zero-order valence-corrected chi connectivity index (χ0v) is 14.7. The highest BCUT2D eigenvalue weighted by Gasteiger charge is 2.20. The highest BCUT2D eigenvalue weighted by Crippen LogP contribution is 2.25. The monoisotopic (exact) mass is 373 g/mol. The van der Waals surface area contributed by atoms with Crippen LogP contribution in [0.25, 0.3) is 0 Å².